The van der Waals surface area contributed by atoms with Crippen LogP contribution in [0.15, 0.2) is 48.5 Å². The Morgan fingerprint density at radius 3 is 2.50 bits per heavy atom. The van der Waals surface area contributed by atoms with Gasteiger partial charge in [-0.15, -0.1) is 0 Å². The third kappa shape index (κ3) is 3.87. The van der Waals surface area contributed by atoms with Crippen molar-refractivity contribution in [2.24, 2.45) is 0 Å². The summed E-state index contributed by atoms with van der Waals surface area (Å²) in [6, 6.07) is 18.8. The minimum Gasteiger partial charge on any atom is -0.495 e. The monoisotopic (exact) mass is 321 g/mol. The molecule has 4 heteroatoms. The van der Waals surface area contributed by atoms with Crippen molar-refractivity contribution in [3.63, 3.8) is 0 Å². The van der Waals surface area contributed by atoms with Gasteiger partial charge in [0.2, 0.25) is 0 Å². The molecule has 1 aliphatic rings. The van der Waals surface area contributed by atoms with E-state index >= 15 is 0 Å². The maximum atomic E-state index is 8.84. The average Bonchev–Trinajstić information content (AvgIpc) is 2.63. The summed E-state index contributed by atoms with van der Waals surface area (Å²) in [5.41, 5.74) is 3.56. The van der Waals surface area contributed by atoms with Gasteiger partial charge >= 0.3 is 0 Å². The number of benzene rings is 2. The van der Waals surface area contributed by atoms with Crippen LogP contribution in [-0.2, 0) is 13.0 Å². The van der Waals surface area contributed by atoms with Gasteiger partial charge in [-0.2, -0.15) is 5.26 Å². The summed E-state index contributed by atoms with van der Waals surface area (Å²) in [5.74, 6) is 0.940. The van der Waals surface area contributed by atoms with E-state index in [0.717, 1.165) is 44.0 Å². The van der Waals surface area contributed by atoms with Crippen LogP contribution in [0.2, 0.25) is 0 Å². The van der Waals surface area contributed by atoms with Gasteiger partial charge < -0.3 is 9.64 Å². The average molecular weight is 321 g/mol. The lowest BCUT2D eigenvalue weighted by atomic mass is 10.1. The smallest absolute Gasteiger partial charge is 0.142 e. The largest absolute Gasteiger partial charge is 0.495 e. The minimum absolute atomic E-state index is 0.482. The first kappa shape index (κ1) is 16.4. The van der Waals surface area contributed by atoms with Crippen molar-refractivity contribution >= 4 is 5.69 Å². The molecule has 1 fully saturated rings. The Labute approximate surface area is 143 Å². The molecule has 0 atom stereocenters. The fraction of sp³-hybridized carbons (Fsp3) is 0.350. The zero-order chi connectivity index (χ0) is 16.8. The Bertz CT molecular complexity index is 715. The predicted octanol–water partition coefficient (Wildman–Crippen LogP) is 3.08. The number of hydrogen-bond donors (Lipinski definition) is 0. The SMILES string of the molecule is COc1ccccc1N1CCN(Cc2cccc(CC#N)c2)CC1. The Kier molecular flexibility index (Phi) is 5.35. The van der Waals surface area contributed by atoms with Gasteiger partial charge in [-0.1, -0.05) is 36.4 Å². The molecular weight excluding hydrogens is 298 g/mol. The summed E-state index contributed by atoms with van der Waals surface area (Å²) in [7, 11) is 1.73. The van der Waals surface area contributed by atoms with Gasteiger partial charge in [0, 0.05) is 32.7 Å². The van der Waals surface area contributed by atoms with Crippen LogP contribution in [-0.4, -0.2) is 38.2 Å². The van der Waals surface area contributed by atoms with Crippen molar-refractivity contribution < 1.29 is 4.74 Å². The molecule has 0 N–H and O–H groups in total. The van der Waals surface area contributed by atoms with Crippen LogP contribution < -0.4 is 9.64 Å². The lowest BCUT2D eigenvalue weighted by molar-refractivity contribution is 0.249. The Morgan fingerprint density at radius 2 is 1.75 bits per heavy atom. The molecule has 24 heavy (non-hydrogen) atoms. The van der Waals surface area contributed by atoms with Crippen LogP contribution in [0.5, 0.6) is 5.75 Å². The molecule has 0 bridgehead atoms. The van der Waals surface area contributed by atoms with E-state index in [1.165, 1.54) is 11.3 Å². The molecular formula is C20H23N3O. The lowest BCUT2D eigenvalue weighted by Crippen LogP contribution is -2.46. The van der Waals surface area contributed by atoms with Gasteiger partial charge in [-0.3, -0.25) is 4.90 Å². The summed E-state index contributed by atoms with van der Waals surface area (Å²) in [6.45, 7) is 5.00. The normalized spacial score (nSPS) is 15.1. The summed E-state index contributed by atoms with van der Waals surface area (Å²) in [4.78, 5) is 4.86. The van der Waals surface area contributed by atoms with Crippen molar-refractivity contribution in [2.45, 2.75) is 13.0 Å². The number of anilines is 1. The zero-order valence-electron chi connectivity index (χ0n) is 14.1. The minimum atomic E-state index is 0.482. The van der Waals surface area contributed by atoms with E-state index in [2.05, 4.69) is 40.1 Å². The summed E-state index contributed by atoms with van der Waals surface area (Å²) >= 11 is 0. The van der Waals surface area contributed by atoms with Crippen molar-refractivity contribution in [1.29, 1.82) is 5.26 Å². The molecule has 1 saturated heterocycles. The van der Waals surface area contributed by atoms with E-state index in [1.807, 2.05) is 24.3 Å². The molecule has 2 aromatic rings. The first-order valence-corrected chi connectivity index (χ1v) is 8.35. The Balaban J connectivity index is 1.59. The number of para-hydroxylation sites is 2. The van der Waals surface area contributed by atoms with E-state index in [9.17, 15) is 0 Å². The molecule has 124 valence electrons. The van der Waals surface area contributed by atoms with Gasteiger partial charge in [-0.05, 0) is 23.3 Å². The highest BCUT2D eigenvalue weighted by Crippen LogP contribution is 2.28. The Morgan fingerprint density at radius 1 is 1.00 bits per heavy atom. The van der Waals surface area contributed by atoms with Gasteiger partial charge in [0.25, 0.3) is 0 Å². The number of ether oxygens (including phenoxy) is 1. The highest BCUT2D eigenvalue weighted by Gasteiger charge is 2.19. The van der Waals surface area contributed by atoms with Crippen molar-refractivity contribution in [1.82, 2.24) is 4.90 Å². The number of nitrogens with zero attached hydrogens (tertiary/aromatic N) is 3. The van der Waals surface area contributed by atoms with Crippen molar-refractivity contribution in [3.05, 3.63) is 59.7 Å². The van der Waals surface area contributed by atoms with Crippen LogP contribution in [0, 0.1) is 11.3 Å². The third-order valence-electron chi connectivity index (χ3n) is 4.48. The van der Waals surface area contributed by atoms with Crippen LogP contribution in [0.25, 0.3) is 0 Å². The van der Waals surface area contributed by atoms with Crippen molar-refractivity contribution in [2.75, 3.05) is 38.2 Å². The molecule has 0 unspecified atom stereocenters. The second-order valence-electron chi connectivity index (χ2n) is 6.09. The maximum absolute atomic E-state index is 8.84. The van der Waals surface area contributed by atoms with E-state index in [0.29, 0.717) is 6.42 Å². The van der Waals surface area contributed by atoms with E-state index < -0.39 is 0 Å². The molecule has 3 rings (SSSR count). The molecule has 4 nitrogen and oxygen atoms in total. The van der Waals surface area contributed by atoms with Crippen LogP contribution >= 0.6 is 0 Å². The summed E-state index contributed by atoms with van der Waals surface area (Å²) in [5, 5.41) is 8.84. The van der Waals surface area contributed by atoms with Gasteiger partial charge in [-0.25, -0.2) is 0 Å². The van der Waals surface area contributed by atoms with E-state index in [-0.39, 0.29) is 0 Å². The highest BCUT2D eigenvalue weighted by molar-refractivity contribution is 5.58. The second kappa shape index (κ2) is 7.85. The molecule has 0 saturated carbocycles. The Hall–Kier alpha value is -2.51. The number of hydrogen-bond acceptors (Lipinski definition) is 4. The second-order valence-corrected chi connectivity index (χ2v) is 6.09. The van der Waals surface area contributed by atoms with E-state index in [4.69, 9.17) is 10.00 Å². The fourth-order valence-corrected chi connectivity index (χ4v) is 3.23. The standard InChI is InChI=1S/C20H23N3O/c1-24-20-8-3-2-7-19(20)23-13-11-22(12-14-23)16-18-6-4-5-17(15-18)9-10-21/h2-8,15H,9,11-14,16H2,1H3. The first-order valence-electron chi connectivity index (χ1n) is 8.35. The molecule has 2 aromatic carbocycles. The molecule has 0 spiro atoms. The molecule has 0 aliphatic carbocycles. The lowest BCUT2D eigenvalue weighted by Gasteiger charge is -2.36. The number of methoxy groups -OCH3 is 1. The van der Waals surface area contributed by atoms with Crippen LogP contribution in [0.3, 0.4) is 0 Å². The molecule has 0 amide bonds. The molecule has 0 aromatic heterocycles. The topological polar surface area (TPSA) is 39.5 Å². The molecule has 1 heterocycles. The summed E-state index contributed by atoms with van der Waals surface area (Å²) in [6.07, 6.45) is 0.482. The first-order chi connectivity index (χ1) is 11.8. The van der Waals surface area contributed by atoms with E-state index in [1.54, 1.807) is 7.11 Å². The van der Waals surface area contributed by atoms with Crippen molar-refractivity contribution in [3.8, 4) is 11.8 Å². The van der Waals surface area contributed by atoms with Crippen LogP contribution in [0.1, 0.15) is 11.1 Å². The maximum Gasteiger partial charge on any atom is 0.142 e. The molecule has 0 radical (unpaired) electrons. The van der Waals surface area contributed by atoms with Gasteiger partial charge in [0.05, 0.1) is 25.3 Å². The molecule has 1 aliphatic heterocycles. The third-order valence-corrected chi connectivity index (χ3v) is 4.48. The van der Waals surface area contributed by atoms with Gasteiger partial charge in [0.15, 0.2) is 0 Å². The number of nitriles is 1. The van der Waals surface area contributed by atoms with Crippen LogP contribution in [0.4, 0.5) is 5.69 Å². The predicted molar refractivity (Wildman–Crippen MR) is 96.2 cm³/mol. The zero-order valence-corrected chi connectivity index (χ0v) is 14.1. The fourth-order valence-electron chi connectivity index (χ4n) is 3.23. The van der Waals surface area contributed by atoms with Gasteiger partial charge in [0.1, 0.15) is 5.75 Å². The number of rotatable bonds is 5. The quantitative estimate of drug-likeness (QED) is 0.848. The highest BCUT2D eigenvalue weighted by atomic mass is 16.5. The number of piperazine rings is 1. The summed E-state index contributed by atoms with van der Waals surface area (Å²) < 4.78 is 5.48.